The molecule has 0 aliphatic heterocycles. The lowest BCUT2D eigenvalue weighted by Gasteiger charge is -2.23. The smallest absolute Gasteiger partial charge is 0.123 e. The Bertz CT molecular complexity index is 326. The molecule has 3 nitrogen and oxygen atoms in total. The quantitative estimate of drug-likeness (QED) is 0.752. The molecule has 1 aromatic rings. The van der Waals surface area contributed by atoms with Gasteiger partial charge in [-0.3, -0.25) is 0 Å². The van der Waals surface area contributed by atoms with Crippen LogP contribution in [0.3, 0.4) is 0 Å². The fraction of sp³-hybridized carbons (Fsp3) is 0.538. The molecule has 0 fully saturated rings. The van der Waals surface area contributed by atoms with E-state index in [4.69, 9.17) is 10.5 Å². The van der Waals surface area contributed by atoms with E-state index in [1.807, 2.05) is 19.1 Å². The summed E-state index contributed by atoms with van der Waals surface area (Å²) < 4.78 is 5.49. The first-order valence-electron chi connectivity index (χ1n) is 5.99. The van der Waals surface area contributed by atoms with E-state index in [1.54, 1.807) is 0 Å². The molecule has 0 aromatic heterocycles. The Labute approximate surface area is 98.2 Å². The molecule has 90 valence electrons. The van der Waals surface area contributed by atoms with Gasteiger partial charge in [-0.05, 0) is 26.3 Å². The maximum Gasteiger partial charge on any atom is 0.123 e. The maximum atomic E-state index is 5.87. The summed E-state index contributed by atoms with van der Waals surface area (Å²) in [5, 5.41) is 0. The number of ether oxygens (including phenoxy) is 1. The SMILES string of the molecule is CCCN(CC)c1cc(N)cc(OCC)c1. The topological polar surface area (TPSA) is 38.5 Å². The molecule has 0 atom stereocenters. The second kappa shape index (κ2) is 6.26. The van der Waals surface area contributed by atoms with Gasteiger partial charge in [0, 0.05) is 36.6 Å². The van der Waals surface area contributed by atoms with Crippen LogP contribution >= 0.6 is 0 Å². The summed E-state index contributed by atoms with van der Waals surface area (Å²) >= 11 is 0. The first-order valence-corrected chi connectivity index (χ1v) is 5.99. The molecule has 0 amide bonds. The normalized spacial score (nSPS) is 10.2. The standard InChI is InChI=1S/C13H22N2O/c1-4-7-15(5-2)12-8-11(14)9-13(10-12)16-6-3/h8-10H,4-7,14H2,1-3H3. The fourth-order valence-electron chi connectivity index (χ4n) is 1.78. The molecule has 0 saturated heterocycles. The highest BCUT2D eigenvalue weighted by atomic mass is 16.5. The predicted octanol–water partition coefficient (Wildman–Crippen LogP) is 2.90. The summed E-state index contributed by atoms with van der Waals surface area (Å²) in [5.74, 6) is 0.854. The van der Waals surface area contributed by atoms with E-state index in [1.165, 1.54) is 0 Å². The number of rotatable bonds is 6. The van der Waals surface area contributed by atoms with Crippen LogP contribution in [0.1, 0.15) is 27.2 Å². The zero-order valence-electron chi connectivity index (χ0n) is 10.5. The van der Waals surface area contributed by atoms with Gasteiger partial charge in [-0.1, -0.05) is 6.92 Å². The molecule has 0 radical (unpaired) electrons. The minimum Gasteiger partial charge on any atom is -0.494 e. The summed E-state index contributed by atoms with van der Waals surface area (Å²) in [6.45, 7) is 9.02. The van der Waals surface area contributed by atoms with Crippen molar-refractivity contribution in [1.29, 1.82) is 0 Å². The third kappa shape index (κ3) is 3.33. The number of nitrogens with zero attached hydrogens (tertiary/aromatic N) is 1. The van der Waals surface area contributed by atoms with E-state index in [-0.39, 0.29) is 0 Å². The molecule has 0 heterocycles. The predicted molar refractivity (Wildman–Crippen MR) is 70.2 cm³/mol. The highest BCUT2D eigenvalue weighted by molar-refractivity contribution is 5.60. The Morgan fingerprint density at radius 1 is 1.19 bits per heavy atom. The minimum atomic E-state index is 0.669. The third-order valence-corrected chi connectivity index (χ3v) is 2.47. The molecule has 16 heavy (non-hydrogen) atoms. The second-order valence-electron chi connectivity index (χ2n) is 3.77. The molecule has 1 rings (SSSR count). The molecular formula is C13H22N2O. The fourth-order valence-corrected chi connectivity index (χ4v) is 1.78. The van der Waals surface area contributed by atoms with Gasteiger partial charge in [-0.2, -0.15) is 0 Å². The van der Waals surface area contributed by atoms with Gasteiger partial charge in [0.25, 0.3) is 0 Å². The van der Waals surface area contributed by atoms with E-state index in [0.29, 0.717) is 6.61 Å². The molecule has 0 aliphatic rings. The van der Waals surface area contributed by atoms with Crippen molar-refractivity contribution >= 4 is 11.4 Å². The number of nitrogen functional groups attached to an aromatic ring is 1. The average molecular weight is 222 g/mol. The van der Waals surface area contributed by atoms with Gasteiger partial charge in [0.1, 0.15) is 5.75 Å². The molecule has 1 aromatic carbocycles. The average Bonchev–Trinajstić information content (AvgIpc) is 2.25. The Kier molecular flexibility index (Phi) is 4.96. The van der Waals surface area contributed by atoms with Gasteiger partial charge in [-0.25, -0.2) is 0 Å². The van der Waals surface area contributed by atoms with E-state index in [2.05, 4.69) is 24.8 Å². The summed E-state index contributed by atoms with van der Waals surface area (Å²) in [4.78, 5) is 2.30. The molecule has 0 unspecified atom stereocenters. The van der Waals surface area contributed by atoms with Crippen LogP contribution in [0.4, 0.5) is 11.4 Å². The lowest BCUT2D eigenvalue weighted by atomic mass is 10.2. The highest BCUT2D eigenvalue weighted by Crippen LogP contribution is 2.25. The molecule has 0 spiro atoms. The van der Waals surface area contributed by atoms with E-state index in [9.17, 15) is 0 Å². The van der Waals surface area contributed by atoms with Crippen molar-refractivity contribution in [3.63, 3.8) is 0 Å². The van der Waals surface area contributed by atoms with Crippen molar-refractivity contribution in [3.05, 3.63) is 18.2 Å². The van der Waals surface area contributed by atoms with Gasteiger partial charge >= 0.3 is 0 Å². The number of hydrogen-bond acceptors (Lipinski definition) is 3. The van der Waals surface area contributed by atoms with Crippen molar-refractivity contribution < 1.29 is 4.74 Å². The molecule has 2 N–H and O–H groups in total. The van der Waals surface area contributed by atoms with Gasteiger partial charge in [-0.15, -0.1) is 0 Å². The molecule has 0 saturated carbocycles. The van der Waals surface area contributed by atoms with Crippen LogP contribution in [0.25, 0.3) is 0 Å². The van der Waals surface area contributed by atoms with Crippen molar-refractivity contribution in [2.24, 2.45) is 0 Å². The maximum absolute atomic E-state index is 5.87. The van der Waals surface area contributed by atoms with Gasteiger partial charge < -0.3 is 15.4 Å². The number of hydrogen-bond donors (Lipinski definition) is 1. The second-order valence-corrected chi connectivity index (χ2v) is 3.77. The number of benzene rings is 1. The van der Waals surface area contributed by atoms with Crippen LogP contribution in [0, 0.1) is 0 Å². The summed E-state index contributed by atoms with van der Waals surface area (Å²) in [7, 11) is 0. The Balaban J connectivity index is 2.92. The van der Waals surface area contributed by atoms with Crippen molar-refractivity contribution in [2.45, 2.75) is 27.2 Å². The summed E-state index contributed by atoms with van der Waals surface area (Å²) in [5.41, 5.74) is 7.78. The van der Waals surface area contributed by atoms with E-state index < -0.39 is 0 Å². The minimum absolute atomic E-state index is 0.669. The zero-order chi connectivity index (χ0) is 12.0. The Hall–Kier alpha value is -1.38. The van der Waals surface area contributed by atoms with Crippen molar-refractivity contribution in [3.8, 4) is 5.75 Å². The van der Waals surface area contributed by atoms with Crippen LogP contribution in [-0.4, -0.2) is 19.7 Å². The molecular weight excluding hydrogens is 200 g/mol. The van der Waals surface area contributed by atoms with Crippen LogP contribution < -0.4 is 15.4 Å². The largest absolute Gasteiger partial charge is 0.494 e. The van der Waals surface area contributed by atoms with Crippen LogP contribution in [0.2, 0.25) is 0 Å². The van der Waals surface area contributed by atoms with Crippen molar-refractivity contribution in [1.82, 2.24) is 0 Å². The Morgan fingerprint density at radius 2 is 1.94 bits per heavy atom. The van der Waals surface area contributed by atoms with E-state index in [0.717, 1.165) is 36.6 Å². The molecule has 0 bridgehead atoms. The molecule has 3 heteroatoms. The monoisotopic (exact) mass is 222 g/mol. The van der Waals surface area contributed by atoms with Gasteiger partial charge in [0.2, 0.25) is 0 Å². The van der Waals surface area contributed by atoms with Crippen LogP contribution in [0.5, 0.6) is 5.75 Å². The third-order valence-electron chi connectivity index (χ3n) is 2.47. The Morgan fingerprint density at radius 3 is 2.50 bits per heavy atom. The lowest BCUT2D eigenvalue weighted by molar-refractivity contribution is 0.340. The lowest BCUT2D eigenvalue weighted by Crippen LogP contribution is -2.23. The number of anilines is 2. The number of nitrogens with two attached hydrogens (primary N) is 1. The van der Waals surface area contributed by atoms with Gasteiger partial charge in [0.15, 0.2) is 0 Å². The zero-order valence-corrected chi connectivity index (χ0v) is 10.5. The van der Waals surface area contributed by atoms with Gasteiger partial charge in [0.05, 0.1) is 6.61 Å². The van der Waals surface area contributed by atoms with Crippen LogP contribution in [-0.2, 0) is 0 Å². The van der Waals surface area contributed by atoms with E-state index >= 15 is 0 Å². The summed E-state index contributed by atoms with van der Waals surface area (Å²) in [6, 6.07) is 5.92. The van der Waals surface area contributed by atoms with Crippen molar-refractivity contribution in [2.75, 3.05) is 30.3 Å². The first-order chi connectivity index (χ1) is 7.71. The molecule has 0 aliphatic carbocycles. The summed E-state index contributed by atoms with van der Waals surface area (Å²) in [6.07, 6.45) is 1.13. The highest BCUT2D eigenvalue weighted by Gasteiger charge is 2.06. The first kappa shape index (κ1) is 12.7. The van der Waals surface area contributed by atoms with Crippen LogP contribution in [0.15, 0.2) is 18.2 Å².